The standard InChI is InChI=1S/C15H18ClN3O3/c16-11-1-2-14-13(7-11)15(21)19(10-17-14)9-12(20)8-18-3-5-22-6-4-18/h1-2,7,10,12,20H,3-6,8-9H2. The van der Waals surface area contributed by atoms with Crippen molar-refractivity contribution in [3.63, 3.8) is 0 Å². The molecule has 2 heterocycles. The normalized spacial score (nSPS) is 17.7. The summed E-state index contributed by atoms with van der Waals surface area (Å²) < 4.78 is 6.71. The van der Waals surface area contributed by atoms with E-state index in [-0.39, 0.29) is 12.1 Å². The van der Waals surface area contributed by atoms with Crippen molar-refractivity contribution in [3.05, 3.63) is 39.9 Å². The number of ether oxygens (including phenoxy) is 1. The summed E-state index contributed by atoms with van der Waals surface area (Å²) in [6, 6.07) is 5.03. The second-order valence-electron chi connectivity index (χ2n) is 5.43. The third kappa shape index (κ3) is 3.47. The van der Waals surface area contributed by atoms with Gasteiger partial charge in [-0.3, -0.25) is 14.3 Å². The van der Waals surface area contributed by atoms with Gasteiger partial charge in [0.25, 0.3) is 5.56 Å². The lowest BCUT2D eigenvalue weighted by atomic mass is 10.2. The molecular formula is C15H18ClN3O3. The summed E-state index contributed by atoms with van der Waals surface area (Å²) in [7, 11) is 0. The van der Waals surface area contributed by atoms with Gasteiger partial charge in [0, 0.05) is 24.7 Å². The minimum atomic E-state index is -0.630. The molecule has 1 aromatic heterocycles. The fourth-order valence-corrected chi connectivity index (χ4v) is 2.80. The van der Waals surface area contributed by atoms with Crippen LogP contribution in [0.25, 0.3) is 10.9 Å². The molecule has 0 aliphatic carbocycles. The average Bonchev–Trinajstić information content (AvgIpc) is 2.51. The van der Waals surface area contributed by atoms with Crippen LogP contribution in [-0.2, 0) is 11.3 Å². The van der Waals surface area contributed by atoms with Crippen LogP contribution in [0.15, 0.2) is 29.3 Å². The predicted molar refractivity (Wildman–Crippen MR) is 84.3 cm³/mol. The fourth-order valence-electron chi connectivity index (χ4n) is 2.63. The molecule has 6 nitrogen and oxygen atoms in total. The van der Waals surface area contributed by atoms with Crippen LogP contribution in [-0.4, -0.2) is 58.5 Å². The average molecular weight is 324 g/mol. The zero-order valence-corrected chi connectivity index (χ0v) is 12.9. The van der Waals surface area contributed by atoms with E-state index in [9.17, 15) is 9.90 Å². The van der Waals surface area contributed by atoms with E-state index >= 15 is 0 Å². The maximum absolute atomic E-state index is 12.4. The number of rotatable bonds is 4. The molecule has 1 unspecified atom stereocenters. The summed E-state index contributed by atoms with van der Waals surface area (Å²) in [5, 5.41) is 11.2. The largest absolute Gasteiger partial charge is 0.390 e. The Hall–Kier alpha value is -1.47. The zero-order valence-electron chi connectivity index (χ0n) is 12.1. The van der Waals surface area contributed by atoms with Crippen molar-refractivity contribution in [3.8, 4) is 0 Å². The Morgan fingerprint density at radius 2 is 2.09 bits per heavy atom. The van der Waals surface area contributed by atoms with Gasteiger partial charge < -0.3 is 9.84 Å². The Labute approximate surface area is 132 Å². The number of benzene rings is 1. The second-order valence-corrected chi connectivity index (χ2v) is 5.87. The van der Waals surface area contributed by atoms with Crippen LogP contribution in [0.2, 0.25) is 5.02 Å². The van der Waals surface area contributed by atoms with Crippen LogP contribution in [0.3, 0.4) is 0 Å². The molecule has 1 aliphatic rings. The molecule has 1 saturated heterocycles. The molecule has 1 aromatic carbocycles. The molecule has 1 atom stereocenters. The van der Waals surface area contributed by atoms with Crippen molar-refractivity contribution in [1.82, 2.24) is 14.5 Å². The van der Waals surface area contributed by atoms with Crippen LogP contribution < -0.4 is 5.56 Å². The van der Waals surface area contributed by atoms with Gasteiger partial charge in [-0.25, -0.2) is 4.98 Å². The minimum Gasteiger partial charge on any atom is -0.390 e. The number of hydrogen-bond donors (Lipinski definition) is 1. The lowest BCUT2D eigenvalue weighted by molar-refractivity contribution is 0.0113. The van der Waals surface area contributed by atoms with Crippen molar-refractivity contribution < 1.29 is 9.84 Å². The fraction of sp³-hybridized carbons (Fsp3) is 0.467. The SMILES string of the molecule is O=c1c2cc(Cl)ccc2ncn1CC(O)CN1CCOCC1. The molecule has 22 heavy (non-hydrogen) atoms. The highest BCUT2D eigenvalue weighted by atomic mass is 35.5. The Kier molecular flexibility index (Phi) is 4.73. The van der Waals surface area contributed by atoms with E-state index in [4.69, 9.17) is 16.3 Å². The number of aliphatic hydroxyl groups is 1. The molecule has 2 aromatic rings. The highest BCUT2D eigenvalue weighted by Crippen LogP contribution is 2.14. The number of nitrogens with zero attached hydrogens (tertiary/aromatic N) is 3. The Morgan fingerprint density at radius 3 is 2.86 bits per heavy atom. The number of hydrogen-bond acceptors (Lipinski definition) is 5. The monoisotopic (exact) mass is 323 g/mol. The van der Waals surface area contributed by atoms with E-state index in [1.54, 1.807) is 18.2 Å². The van der Waals surface area contributed by atoms with Gasteiger partial charge in [-0.15, -0.1) is 0 Å². The van der Waals surface area contributed by atoms with Crippen LogP contribution in [0.4, 0.5) is 0 Å². The van der Waals surface area contributed by atoms with E-state index < -0.39 is 6.10 Å². The molecule has 0 bridgehead atoms. The van der Waals surface area contributed by atoms with Crippen LogP contribution >= 0.6 is 11.6 Å². The number of aromatic nitrogens is 2. The van der Waals surface area contributed by atoms with Gasteiger partial charge in [-0.05, 0) is 18.2 Å². The predicted octanol–water partition coefficient (Wildman–Crippen LogP) is 0.743. The van der Waals surface area contributed by atoms with Gasteiger partial charge in [0.15, 0.2) is 0 Å². The van der Waals surface area contributed by atoms with E-state index in [2.05, 4.69) is 9.88 Å². The first kappa shape index (κ1) is 15.4. The van der Waals surface area contributed by atoms with Crippen molar-refractivity contribution in [2.75, 3.05) is 32.8 Å². The molecule has 118 valence electrons. The van der Waals surface area contributed by atoms with E-state index in [0.717, 1.165) is 13.1 Å². The van der Waals surface area contributed by atoms with Crippen molar-refractivity contribution >= 4 is 22.5 Å². The molecule has 3 rings (SSSR count). The van der Waals surface area contributed by atoms with Gasteiger partial charge >= 0.3 is 0 Å². The topological polar surface area (TPSA) is 67.6 Å². The van der Waals surface area contributed by atoms with Crippen molar-refractivity contribution in [2.24, 2.45) is 0 Å². The summed E-state index contributed by atoms with van der Waals surface area (Å²) in [6.07, 6.45) is 0.843. The Morgan fingerprint density at radius 1 is 1.32 bits per heavy atom. The van der Waals surface area contributed by atoms with Gasteiger partial charge in [-0.2, -0.15) is 0 Å². The highest BCUT2D eigenvalue weighted by molar-refractivity contribution is 6.31. The van der Waals surface area contributed by atoms with Gasteiger partial charge in [0.05, 0.1) is 43.1 Å². The quantitative estimate of drug-likeness (QED) is 0.899. The lowest BCUT2D eigenvalue weighted by Gasteiger charge is -2.28. The third-order valence-electron chi connectivity index (χ3n) is 3.77. The molecule has 7 heteroatoms. The van der Waals surface area contributed by atoms with Gasteiger partial charge in [0.1, 0.15) is 0 Å². The summed E-state index contributed by atoms with van der Waals surface area (Å²) in [5.74, 6) is 0. The van der Waals surface area contributed by atoms with E-state index in [0.29, 0.717) is 35.7 Å². The maximum Gasteiger partial charge on any atom is 0.261 e. The molecule has 1 fully saturated rings. The molecular weight excluding hydrogens is 306 g/mol. The summed E-state index contributed by atoms with van der Waals surface area (Å²) in [4.78, 5) is 18.8. The van der Waals surface area contributed by atoms with Crippen molar-refractivity contribution in [1.29, 1.82) is 0 Å². The number of morpholine rings is 1. The summed E-state index contributed by atoms with van der Waals surface area (Å²) >= 11 is 5.93. The molecule has 1 N–H and O–H groups in total. The number of fused-ring (bicyclic) bond motifs is 1. The van der Waals surface area contributed by atoms with Gasteiger partial charge in [0.2, 0.25) is 0 Å². The van der Waals surface area contributed by atoms with Gasteiger partial charge in [-0.1, -0.05) is 11.6 Å². The van der Waals surface area contributed by atoms with Crippen LogP contribution in [0.1, 0.15) is 0 Å². The van der Waals surface area contributed by atoms with E-state index in [1.165, 1.54) is 10.9 Å². The summed E-state index contributed by atoms with van der Waals surface area (Å²) in [5.41, 5.74) is 0.418. The first-order valence-corrected chi connectivity index (χ1v) is 7.64. The zero-order chi connectivity index (χ0) is 15.5. The maximum atomic E-state index is 12.4. The number of halogens is 1. The first-order valence-electron chi connectivity index (χ1n) is 7.26. The first-order chi connectivity index (χ1) is 10.6. The third-order valence-corrected chi connectivity index (χ3v) is 4.00. The molecule has 1 aliphatic heterocycles. The van der Waals surface area contributed by atoms with Crippen molar-refractivity contribution in [2.45, 2.75) is 12.6 Å². The van der Waals surface area contributed by atoms with E-state index in [1.807, 2.05) is 0 Å². The van der Waals surface area contributed by atoms with Crippen LogP contribution in [0.5, 0.6) is 0 Å². The second kappa shape index (κ2) is 6.75. The molecule has 0 radical (unpaired) electrons. The smallest absolute Gasteiger partial charge is 0.261 e. The highest BCUT2D eigenvalue weighted by Gasteiger charge is 2.16. The van der Waals surface area contributed by atoms with Crippen LogP contribution in [0, 0.1) is 0 Å². The Balaban J connectivity index is 1.75. The summed E-state index contributed by atoms with van der Waals surface area (Å²) in [6.45, 7) is 3.70. The lowest BCUT2D eigenvalue weighted by Crippen LogP contribution is -2.42. The minimum absolute atomic E-state index is 0.187. The Bertz CT molecular complexity index is 713. The number of aliphatic hydroxyl groups excluding tert-OH is 1. The molecule has 0 spiro atoms. The number of β-amino-alcohol motifs (C(OH)–C–C–N with tert-alkyl or cyclic N) is 1. The molecule has 0 amide bonds. The molecule has 0 saturated carbocycles.